The SMILES string of the molecule is CS(=O)(=O)N1CCCC1C(=O)NOCC(=O)O. The van der Waals surface area contributed by atoms with Gasteiger partial charge in [-0.2, -0.15) is 4.31 Å². The summed E-state index contributed by atoms with van der Waals surface area (Å²) in [6, 6.07) is -0.821. The first-order valence-corrected chi connectivity index (χ1v) is 6.77. The molecule has 1 heterocycles. The Kier molecular flexibility index (Phi) is 4.43. The summed E-state index contributed by atoms with van der Waals surface area (Å²) in [5.74, 6) is -1.87. The van der Waals surface area contributed by atoms with Crippen LogP contribution in [0.25, 0.3) is 0 Å². The zero-order valence-electron chi connectivity index (χ0n) is 9.25. The van der Waals surface area contributed by atoms with Crippen molar-refractivity contribution in [3.05, 3.63) is 0 Å². The smallest absolute Gasteiger partial charge is 0.332 e. The van der Waals surface area contributed by atoms with Crippen LogP contribution in [0.4, 0.5) is 0 Å². The van der Waals surface area contributed by atoms with E-state index in [-0.39, 0.29) is 6.54 Å². The topological polar surface area (TPSA) is 113 Å². The van der Waals surface area contributed by atoms with Gasteiger partial charge in [0.05, 0.1) is 6.26 Å². The van der Waals surface area contributed by atoms with Gasteiger partial charge in [-0.1, -0.05) is 0 Å². The number of aliphatic carboxylic acids is 1. The summed E-state index contributed by atoms with van der Waals surface area (Å²) in [5.41, 5.74) is 1.93. The van der Waals surface area contributed by atoms with Crippen molar-refractivity contribution in [1.82, 2.24) is 9.79 Å². The molecular weight excluding hydrogens is 252 g/mol. The van der Waals surface area contributed by atoms with E-state index in [1.807, 2.05) is 5.48 Å². The molecule has 1 aliphatic rings. The van der Waals surface area contributed by atoms with E-state index in [4.69, 9.17) is 5.11 Å². The summed E-state index contributed by atoms with van der Waals surface area (Å²) in [6.45, 7) is -0.382. The number of sulfonamides is 1. The summed E-state index contributed by atoms with van der Waals surface area (Å²) < 4.78 is 23.8. The van der Waals surface area contributed by atoms with E-state index in [9.17, 15) is 18.0 Å². The van der Waals surface area contributed by atoms with Gasteiger partial charge in [0.2, 0.25) is 10.0 Å². The predicted octanol–water partition coefficient (Wildman–Crippen LogP) is -1.46. The molecule has 9 heteroatoms. The van der Waals surface area contributed by atoms with Crippen LogP contribution in [-0.2, 0) is 24.4 Å². The lowest BCUT2D eigenvalue weighted by atomic mass is 10.2. The molecule has 0 radical (unpaired) electrons. The Labute approximate surface area is 98.5 Å². The number of hydrogen-bond acceptors (Lipinski definition) is 5. The number of hydroxylamine groups is 1. The lowest BCUT2D eigenvalue weighted by molar-refractivity contribution is -0.150. The lowest BCUT2D eigenvalue weighted by Crippen LogP contribution is -2.45. The number of hydrogen-bond donors (Lipinski definition) is 2. The number of rotatable bonds is 5. The number of nitrogens with zero attached hydrogens (tertiary/aromatic N) is 1. The maximum atomic E-state index is 11.5. The van der Waals surface area contributed by atoms with Crippen molar-refractivity contribution in [1.29, 1.82) is 0 Å². The van der Waals surface area contributed by atoms with Gasteiger partial charge in [0.1, 0.15) is 6.04 Å². The van der Waals surface area contributed by atoms with Crippen LogP contribution in [0.3, 0.4) is 0 Å². The molecule has 0 spiro atoms. The lowest BCUT2D eigenvalue weighted by Gasteiger charge is -2.20. The minimum Gasteiger partial charge on any atom is -0.479 e. The van der Waals surface area contributed by atoms with Crippen molar-refractivity contribution in [2.75, 3.05) is 19.4 Å². The number of carbonyl (C=O) groups excluding carboxylic acids is 1. The Morgan fingerprint density at radius 3 is 2.71 bits per heavy atom. The van der Waals surface area contributed by atoms with E-state index in [1.54, 1.807) is 0 Å². The Bertz CT molecular complexity index is 406. The normalized spacial score (nSPS) is 21.4. The zero-order valence-corrected chi connectivity index (χ0v) is 10.1. The molecule has 1 rings (SSSR count). The van der Waals surface area contributed by atoms with Crippen molar-refractivity contribution >= 4 is 21.9 Å². The summed E-state index contributed by atoms with van der Waals surface area (Å²) >= 11 is 0. The molecule has 1 unspecified atom stereocenters. The highest BCUT2D eigenvalue weighted by atomic mass is 32.2. The zero-order chi connectivity index (χ0) is 13.1. The molecule has 0 aromatic carbocycles. The highest BCUT2D eigenvalue weighted by Gasteiger charge is 2.36. The molecule has 0 saturated carbocycles. The Morgan fingerprint density at radius 1 is 1.53 bits per heavy atom. The van der Waals surface area contributed by atoms with Gasteiger partial charge < -0.3 is 5.11 Å². The molecule has 0 aromatic heterocycles. The Balaban J connectivity index is 2.54. The largest absolute Gasteiger partial charge is 0.479 e. The van der Waals surface area contributed by atoms with Crippen molar-refractivity contribution in [3.63, 3.8) is 0 Å². The number of amides is 1. The number of carbonyl (C=O) groups is 2. The molecule has 1 aliphatic heterocycles. The highest BCUT2D eigenvalue weighted by Crippen LogP contribution is 2.20. The first-order chi connectivity index (χ1) is 7.82. The van der Waals surface area contributed by atoms with Gasteiger partial charge >= 0.3 is 5.97 Å². The molecule has 0 aromatic rings. The highest BCUT2D eigenvalue weighted by molar-refractivity contribution is 7.88. The predicted molar refractivity (Wildman–Crippen MR) is 56.3 cm³/mol. The van der Waals surface area contributed by atoms with Gasteiger partial charge in [-0.3, -0.25) is 9.63 Å². The summed E-state index contributed by atoms with van der Waals surface area (Å²) in [7, 11) is -3.44. The summed E-state index contributed by atoms with van der Waals surface area (Å²) in [4.78, 5) is 26.1. The second-order valence-electron chi connectivity index (χ2n) is 3.68. The second-order valence-corrected chi connectivity index (χ2v) is 5.62. The van der Waals surface area contributed by atoms with Gasteiger partial charge in [0.25, 0.3) is 5.91 Å². The molecule has 1 fully saturated rings. The van der Waals surface area contributed by atoms with Crippen LogP contribution >= 0.6 is 0 Å². The average molecular weight is 266 g/mol. The van der Waals surface area contributed by atoms with Crippen molar-refractivity contribution in [2.24, 2.45) is 0 Å². The maximum Gasteiger partial charge on any atom is 0.332 e. The van der Waals surface area contributed by atoms with Crippen LogP contribution in [0.1, 0.15) is 12.8 Å². The van der Waals surface area contributed by atoms with Crippen LogP contribution in [0, 0.1) is 0 Å². The maximum absolute atomic E-state index is 11.5. The molecule has 1 amide bonds. The summed E-state index contributed by atoms with van der Waals surface area (Å²) in [5, 5.41) is 8.29. The van der Waals surface area contributed by atoms with E-state index in [2.05, 4.69) is 4.84 Å². The standard InChI is InChI=1S/C8H14N2O6S/c1-17(14,15)10-4-2-3-6(10)8(13)9-16-5-7(11)12/h6H,2-5H2,1H3,(H,9,13)(H,11,12). The van der Waals surface area contributed by atoms with Gasteiger partial charge in [-0.05, 0) is 12.8 Å². The Hall–Kier alpha value is -1.19. The third-order valence-corrected chi connectivity index (χ3v) is 3.59. The monoisotopic (exact) mass is 266 g/mol. The van der Waals surface area contributed by atoms with E-state index >= 15 is 0 Å². The molecule has 1 atom stereocenters. The molecule has 17 heavy (non-hydrogen) atoms. The number of nitrogens with one attached hydrogen (secondary N) is 1. The van der Waals surface area contributed by atoms with Gasteiger partial charge in [-0.15, -0.1) is 0 Å². The van der Waals surface area contributed by atoms with Crippen LogP contribution in [0.15, 0.2) is 0 Å². The molecule has 98 valence electrons. The first-order valence-electron chi connectivity index (χ1n) is 4.92. The fraction of sp³-hybridized carbons (Fsp3) is 0.750. The third-order valence-electron chi connectivity index (χ3n) is 2.30. The van der Waals surface area contributed by atoms with Crippen LogP contribution in [-0.4, -0.2) is 55.2 Å². The fourth-order valence-electron chi connectivity index (χ4n) is 1.64. The Morgan fingerprint density at radius 2 is 2.18 bits per heavy atom. The summed E-state index contributed by atoms with van der Waals surface area (Å²) in [6.07, 6.45) is 2.01. The molecule has 0 bridgehead atoms. The fourth-order valence-corrected chi connectivity index (χ4v) is 2.76. The van der Waals surface area contributed by atoms with Gasteiger partial charge in [0, 0.05) is 6.54 Å². The van der Waals surface area contributed by atoms with Crippen molar-refractivity contribution < 1.29 is 28.0 Å². The minimum atomic E-state index is -3.44. The molecule has 0 aliphatic carbocycles. The quantitative estimate of drug-likeness (QED) is 0.588. The third kappa shape index (κ3) is 3.95. The van der Waals surface area contributed by atoms with Crippen molar-refractivity contribution in [3.8, 4) is 0 Å². The molecule has 2 N–H and O–H groups in total. The van der Waals surface area contributed by atoms with Crippen molar-refractivity contribution in [2.45, 2.75) is 18.9 Å². The van der Waals surface area contributed by atoms with E-state index < -0.39 is 34.5 Å². The minimum absolute atomic E-state index is 0.288. The van der Waals surface area contributed by atoms with Crippen LogP contribution in [0.5, 0.6) is 0 Å². The molecule has 8 nitrogen and oxygen atoms in total. The second kappa shape index (κ2) is 5.43. The molecular formula is C8H14N2O6S. The van der Waals surface area contributed by atoms with E-state index in [0.717, 1.165) is 10.6 Å². The first kappa shape index (κ1) is 13.9. The molecule has 1 saturated heterocycles. The van der Waals surface area contributed by atoms with E-state index in [1.165, 1.54) is 0 Å². The van der Waals surface area contributed by atoms with Crippen LogP contribution < -0.4 is 5.48 Å². The van der Waals surface area contributed by atoms with Gasteiger partial charge in [0.15, 0.2) is 6.61 Å². The van der Waals surface area contributed by atoms with E-state index in [0.29, 0.717) is 12.8 Å². The number of carboxylic acid groups (broad SMARTS) is 1. The average Bonchev–Trinajstić information content (AvgIpc) is 2.64. The number of carboxylic acids is 1. The van der Waals surface area contributed by atoms with Crippen LogP contribution in [0.2, 0.25) is 0 Å². The van der Waals surface area contributed by atoms with Gasteiger partial charge in [-0.25, -0.2) is 18.7 Å².